The molecule has 5 N–H and O–H groups in total. The molecule has 0 radical (unpaired) electrons. The predicted molar refractivity (Wildman–Crippen MR) is 248 cm³/mol. The number of primary amides is 2. The summed E-state index contributed by atoms with van der Waals surface area (Å²) in [6, 6.07) is 27.4. The Morgan fingerprint density at radius 1 is 0.641 bits per heavy atom. The number of fused-ring (bicyclic) bond motifs is 6. The average Bonchev–Trinajstić information content (AvgIpc) is 3.90. The lowest BCUT2D eigenvalue weighted by Crippen LogP contribution is -2.42. The van der Waals surface area contributed by atoms with Crippen molar-refractivity contribution >= 4 is 61.5 Å². The van der Waals surface area contributed by atoms with Crippen LogP contribution < -0.4 is 16.8 Å². The summed E-state index contributed by atoms with van der Waals surface area (Å²) in [5, 5.41) is 15.8. The molecule has 0 aliphatic carbocycles. The van der Waals surface area contributed by atoms with Crippen molar-refractivity contribution in [2.45, 2.75) is 71.6 Å². The third kappa shape index (κ3) is 8.56. The van der Waals surface area contributed by atoms with Gasteiger partial charge in [-0.15, -0.1) is 0 Å². The van der Waals surface area contributed by atoms with Crippen LogP contribution >= 0.6 is 0 Å². The van der Waals surface area contributed by atoms with E-state index in [-0.39, 0.29) is 31.3 Å². The van der Waals surface area contributed by atoms with Gasteiger partial charge in [0, 0.05) is 58.2 Å². The highest BCUT2D eigenvalue weighted by molar-refractivity contribution is 6.13. The van der Waals surface area contributed by atoms with Gasteiger partial charge in [0.2, 0.25) is 0 Å². The van der Waals surface area contributed by atoms with Gasteiger partial charge in [0.05, 0.1) is 23.1 Å². The summed E-state index contributed by atoms with van der Waals surface area (Å²) in [4.78, 5) is 57.3. The van der Waals surface area contributed by atoms with Crippen molar-refractivity contribution < 1.29 is 19.1 Å². The number of amides is 3. The third-order valence-corrected chi connectivity index (χ3v) is 11.5. The molecule has 4 aromatic carbocycles. The standard InChI is InChI=1S/C26H28N6O3.C21H20N6O.CH4/c1-26(2,3)35-25(34)31-13-11-18(12-14-31)32-22-19(21(30-32)23(27)33)10-9-17-15-28-24(29-20(17)22)16-7-5-4-6-8-16;22-20(28)18-16-7-6-14-12-24-21(13-4-2-1-3-5-13)25-17(14)19(16)27(26-18)15-8-10-23-11-9-15;/h4-10,15,18H,11-14H2,1-3H3,(H2,27,33);1-7,12,15,23H,8-11H2,(H2,22,28);1H4. The molecular weight excluding hydrogens is 809 g/mol. The number of aromatic nitrogens is 8. The summed E-state index contributed by atoms with van der Waals surface area (Å²) in [6.45, 7) is 8.48. The highest BCUT2D eigenvalue weighted by atomic mass is 16.6. The van der Waals surface area contributed by atoms with Crippen LogP contribution in [0.4, 0.5) is 4.79 Å². The van der Waals surface area contributed by atoms with Gasteiger partial charge in [-0.1, -0.05) is 80.2 Å². The molecule has 64 heavy (non-hydrogen) atoms. The molecule has 2 aliphatic heterocycles. The molecule has 16 nitrogen and oxygen atoms in total. The van der Waals surface area contributed by atoms with Gasteiger partial charge in [-0.25, -0.2) is 24.7 Å². The first-order valence-corrected chi connectivity index (χ1v) is 21.2. The van der Waals surface area contributed by atoms with E-state index in [1.54, 1.807) is 11.1 Å². The molecule has 0 spiro atoms. The van der Waals surface area contributed by atoms with Crippen LogP contribution in [0.25, 0.3) is 66.4 Å². The summed E-state index contributed by atoms with van der Waals surface area (Å²) in [5.74, 6) is 0.143. The molecule has 6 heterocycles. The highest BCUT2D eigenvalue weighted by Crippen LogP contribution is 2.35. The number of hydrogen-bond donors (Lipinski definition) is 3. The Labute approximate surface area is 370 Å². The van der Waals surface area contributed by atoms with Gasteiger partial charge in [-0.3, -0.25) is 19.0 Å². The van der Waals surface area contributed by atoms with E-state index in [9.17, 15) is 14.4 Å². The smallest absolute Gasteiger partial charge is 0.410 e. The molecule has 3 amide bonds. The van der Waals surface area contributed by atoms with Crippen molar-refractivity contribution in [3.8, 4) is 22.8 Å². The molecule has 0 saturated carbocycles. The van der Waals surface area contributed by atoms with E-state index < -0.39 is 17.4 Å². The van der Waals surface area contributed by atoms with Crippen molar-refractivity contribution in [1.29, 1.82) is 0 Å². The van der Waals surface area contributed by atoms with Crippen LogP contribution in [0.3, 0.4) is 0 Å². The van der Waals surface area contributed by atoms with Crippen molar-refractivity contribution in [2.24, 2.45) is 11.5 Å². The summed E-state index contributed by atoms with van der Waals surface area (Å²) in [7, 11) is 0. The topological polar surface area (TPSA) is 215 Å². The fourth-order valence-electron chi connectivity index (χ4n) is 8.45. The van der Waals surface area contributed by atoms with E-state index in [4.69, 9.17) is 26.2 Å². The lowest BCUT2D eigenvalue weighted by atomic mass is 10.0. The van der Waals surface area contributed by atoms with Gasteiger partial charge in [-0.05, 0) is 71.7 Å². The van der Waals surface area contributed by atoms with Gasteiger partial charge in [-0.2, -0.15) is 10.2 Å². The first-order valence-electron chi connectivity index (χ1n) is 21.2. The number of rotatable bonds is 6. The lowest BCUT2D eigenvalue weighted by molar-refractivity contribution is 0.0186. The lowest BCUT2D eigenvalue weighted by Gasteiger charge is -2.33. The number of hydrogen-bond acceptors (Lipinski definition) is 11. The van der Waals surface area contributed by atoms with E-state index in [1.807, 2.05) is 121 Å². The average molecular weight is 861 g/mol. The second-order valence-electron chi connectivity index (χ2n) is 16.9. The molecule has 0 unspecified atom stereocenters. The highest BCUT2D eigenvalue weighted by Gasteiger charge is 2.31. The molecule has 8 aromatic rings. The molecule has 2 aliphatic rings. The summed E-state index contributed by atoms with van der Waals surface area (Å²) in [6.07, 6.45) is 6.53. The normalized spacial score (nSPS) is 14.9. The van der Waals surface area contributed by atoms with Gasteiger partial charge < -0.3 is 26.4 Å². The number of ether oxygens (including phenoxy) is 1. The number of carbonyl (C=O) groups excluding carboxylic acids is 3. The van der Waals surface area contributed by atoms with E-state index in [2.05, 4.69) is 25.5 Å². The molecule has 10 rings (SSSR count). The minimum Gasteiger partial charge on any atom is -0.444 e. The molecule has 2 saturated heterocycles. The SMILES string of the molecule is C.CC(C)(C)OC(=O)N1CCC(n2nc(C(N)=O)c3ccc4cnc(-c5ccccc5)nc4c32)CC1.NC(=O)c1nn(C2CCNCC2)c2c1ccc1cnc(-c3ccccc3)nc12. The fourth-order valence-corrected chi connectivity index (χ4v) is 8.45. The van der Waals surface area contributed by atoms with Crippen LogP contribution in [-0.2, 0) is 4.74 Å². The Kier molecular flexibility index (Phi) is 12.1. The summed E-state index contributed by atoms with van der Waals surface area (Å²) < 4.78 is 9.35. The fraction of sp³-hybridized carbons (Fsp3) is 0.312. The van der Waals surface area contributed by atoms with Crippen molar-refractivity contribution in [3.63, 3.8) is 0 Å². The summed E-state index contributed by atoms with van der Waals surface area (Å²) >= 11 is 0. The van der Waals surface area contributed by atoms with Gasteiger partial charge in [0.25, 0.3) is 11.8 Å². The number of nitrogens with zero attached hydrogens (tertiary/aromatic N) is 9. The zero-order chi connectivity index (χ0) is 43.8. The number of carbonyl (C=O) groups is 3. The van der Waals surface area contributed by atoms with Crippen LogP contribution in [-0.4, -0.2) is 94.1 Å². The Morgan fingerprint density at radius 3 is 1.50 bits per heavy atom. The maximum absolute atomic E-state index is 12.5. The predicted octanol–water partition coefficient (Wildman–Crippen LogP) is 7.62. The largest absolute Gasteiger partial charge is 0.444 e. The Bertz CT molecular complexity index is 3000. The minimum atomic E-state index is -0.586. The number of nitrogens with one attached hydrogen (secondary N) is 1. The number of likely N-dealkylation sites (tertiary alicyclic amines) is 1. The minimum absolute atomic E-state index is 0. The van der Waals surface area contributed by atoms with Gasteiger partial charge in [0.15, 0.2) is 23.0 Å². The monoisotopic (exact) mass is 860 g/mol. The van der Waals surface area contributed by atoms with Crippen molar-refractivity contribution in [2.75, 3.05) is 26.2 Å². The molecule has 328 valence electrons. The van der Waals surface area contributed by atoms with Crippen LogP contribution in [0, 0.1) is 0 Å². The zero-order valence-corrected chi connectivity index (χ0v) is 35.4. The maximum Gasteiger partial charge on any atom is 0.410 e. The zero-order valence-electron chi connectivity index (χ0n) is 35.4. The second kappa shape index (κ2) is 17.8. The van der Waals surface area contributed by atoms with Crippen LogP contribution in [0.1, 0.15) is 86.9 Å². The molecule has 16 heteroatoms. The van der Waals surface area contributed by atoms with Crippen molar-refractivity contribution in [3.05, 3.63) is 109 Å². The molecular formula is C48H52N12O4. The Morgan fingerprint density at radius 2 is 1.08 bits per heavy atom. The van der Waals surface area contributed by atoms with Gasteiger partial charge >= 0.3 is 6.09 Å². The molecule has 2 fully saturated rings. The molecule has 0 atom stereocenters. The quantitative estimate of drug-likeness (QED) is 0.148. The first-order chi connectivity index (χ1) is 30.4. The van der Waals surface area contributed by atoms with Crippen LogP contribution in [0.5, 0.6) is 0 Å². The Balaban J connectivity index is 0.000000176. The van der Waals surface area contributed by atoms with Crippen molar-refractivity contribution in [1.82, 2.24) is 49.7 Å². The van der Waals surface area contributed by atoms with E-state index >= 15 is 0 Å². The Hall–Kier alpha value is -7.33. The van der Waals surface area contributed by atoms with E-state index in [1.165, 1.54) is 0 Å². The van der Waals surface area contributed by atoms with E-state index in [0.29, 0.717) is 54.2 Å². The van der Waals surface area contributed by atoms with E-state index in [0.717, 1.165) is 69.8 Å². The van der Waals surface area contributed by atoms with Crippen LogP contribution in [0.2, 0.25) is 0 Å². The number of piperidine rings is 2. The number of nitrogens with two attached hydrogens (primary N) is 2. The number of benzene rings is 4. The van der Waals surface area contributed by atoms with Gasteiger partial charge in [0.1, 0.15) is 16.6 Å². The second-order valence-corrected chi connectivity index (χ2v) is 16.9. The maximum atomic E-state index is 12.5. The summed E-state index contributed by atoms with van der Waals surface area (Å²) in [5.41, 5.74) is 16.3. The first kappa shape index (κ1) is 43.3. The third-order valence-electron chi connectivity index (χ3n) is 11.5. The van der Waals surface area contributed by atoms with Crippen LogP contribution in [0.15, 0.2) is 97.3 Å². The molecule has 4 aromatic heterocycles. The molecule has 0 bridgehead atoms.